The van der Waals surface area contributed by atoms with Crippen molar-refractivity contribution in [3.63, 3.8) is 0 Å². The Labute approximate surface area is 148 Å². The van der Waals surface area contributed by atoms with Crippen molar-refractivity contribution in [1.29, 1.82) is 0 Å². The van der Waals surface area contributed by atoms with Crippen LogP contribution in [-0.2, 0) is 6.42 Å². The van der Waals surface area contributed by atoms with Gasteiger partial charge >= 0.3 is 0 Å². The third-order valence-corrected chi connectivity index (χ3v) is 4.41. The van der Waals surface area contributed by atoms with Crippen molar-refractivity contribution in [2.24, 2.45) is 0 Å². The smallest absolute Gasteiger partial charge is 0.227 e. The summed E-state index contributed by atoms with van der Waals surface area (Å²) in [6.45, 7) is 7.31. The normalized spacial score (nSPS) is 13.7. The molecule has 2 aromatic heterocycles. The van der Waals surface area contributed by atoms with Crippen LogP contribution >= 0.6 is 0 Å². The Balaban J connectivity index is 1.43. The van der Waals surface area contributed by atoms with E-state index in [1.165, 1.54) is 5.56 Å². The lowest BCUT2D eigenvalue weighted by molar-refractivity contribution is 0.353. The molecule has 0 aliphatic carbocycles. The SMILES string of the molecule is Cc1cnn([C@H](C)[C@H](C)NCCCc2nc(-c3ccccc3)no2)c1. The fourth-order valence-corrected chi connectivity index (χ4v) is 2.69. The lowest BCUT2D eigenvalue weighted by Crippen LogP contribution is -2.34. The zero-order valence-electron chi connectivity index (χ0n) is 15.0. The van der Waals surface area contributed by atoms with Crippen LogP contribution in [0.5, 0.6) is 0 Å². The number of nitrogens with one attached hydrogen (secondary N) is 1. The Morgan fingerprint density at radius 3 is 2.72 bits per heavy atom. The van der Waals surface area contributed by atoms with Crippen LogP contribution < -0.4 is 5.32 Å². The molecule has 2 heterocycles. The van der Waals surface area contributed by atoms with Gasteiger partial charge in [-0.2, -0.15) is 10.1 Å². The summed E-state index contributed by atoms with van der Waals surface area (Å²) in [7, 11) is 0. The molecule has 3 rings (SSSR count). The molecule has 2 atom stereocenters. The maximum absolute atomic E-state index is 5.34. The van der Waals surface area contributed by atoms with E-state index in [9.17, 15) is 0 Å². The topological polar surface area (TPSA) is 68.8 Å². The van der Waals surface area contributed by atoms with Gasteiger partial charge in [-0.15, -0.1) is 0 Å². The number of hydrogen-bond donors (Lipinski definition) is 1. The minimum absolute atomic E-state index is 0.307. The average Bonchev–Trinajstić information content (AvgIpc) is 3.28. The Bertz CT molecular complexity index is 780. The van der Waals surface area contributed by atoms with Gasteiger partial charge in [-0.1, -0.05) is 35.5 Å². The van der Waals surface area contributed by atoms with Gasteiger partial charge < -0.3 is 9.84 Å². The van der Waals surface area contributed by atoms with Gasteiger partial charge in [0.15, 0.2) is 0 Å². The highest BCUT2D eigenvalue weighted by Crippen LogP contribution is 2.15. The Kier molecular flexibility index (Phi) is 5.60. The first-order valence-corrected chi connectivity index (χ1v) is 8.75. The van der Waals surface area contributed by atoms with Gasteiger partial charge in [0.2, 0.25) is 11.7 Å². The van der Waals surface area contributed by atoms with E-state index in [-0.39, 0.29) is 0 Å². The van der Waals surface area contributed by atoms with E-state index in [0.29, 0.717) is 23.8 Å². The highest BCUT2D eigenvalue weighted by molar-refractivity contribution is 5.53. The maximum atomic E-state index is 5.34. The van der Waals surface area contributed by atoms with Crippen molar-refractivity contribution in [3.05, 3.63) is 54.2 Å². The third-order valence-electron chi connectivity index (χ3n) is 4.41. The highest BCUT2D eigenvalue weighted by atomic mass is 16.5. The zero-order valence-corrected chi connectivity index (χ0v) is 15.0. The number of nitrogens with zero attached hydrogens (tertiary/aromatic N) is 4. The number of aryl methyl sites for hydroxylation is 2. The predicted octanol–water partition coefficient (Wildman–Crippen LogP) is 3.41. The van der Waals surface area contributed by atoms with Crippen LogP contribution in [0.1, 0.15) is 37.8 Å². The quantitative estimate of drug-likeness (QED) is 0.637. The third kappa shape index (κ3) is 4.54. The molecule has 0 unspecified atom stereocenters. The molecule has 6 heteroatoms. The van der Waals surface area contributed by atoms with Crippen molar-refractivity contribution >= 4 is 0 Å². The van der Waals surface area contributed by atoms with Gasteiger partial charge in [-0.25, -0.2) is 0 Å². The minimum atomic E-state index is 0.307. The van der Waals surface area contributed by atoms with Crippen molar-refractivity contribution < 1.29 is 4.52 Å². The molecule has 1 aromatic carbocycles. The van der Waals surface area contributed by atoms with E-state index in [1.807, 2.05) is 41.2 Å². The molecular weight excluding hydrogens is 314 g/mol. The standard InChI is InChI=1S/C19H25N5O/c1-14-12-21-24(13-14)16(3)15(2)20-11-7-10-18-22-19(23-25-18)17-8-5-4-6-9-17/h4-6,8-9,12-13,15-16,20H,7,10-11H2,1-3H3/t15-,16+/m0/s1. The molecule has 0 saturated heterocycles. The van der Waals surface area contributed by atoms with Crippen LogP contribution in [0.25, 0.3) is 11.4 Å². The van der Waals surface area contributed by atoms with E-state index in [4.69, 9.17) is 4.52 Å². The zero-order chi connectivity index (χ0) is 17.6. The Morgan fingerprint density at radius 1 is 1.20 bits per heavy atom. The van der Waals surface area contributed by atoms with E-state index < -0.39 is 0 Å². The summed E-state index contributed by atoms with van der Waals surface area (Å²) in [4.78, 5) is 4.46. The molecule has 0 aliphatic heterocycles. The predicted molar refractivity (Wildman–Crippen MR) is 97.2 cm³/mol. The molecule has 0 spiro atoms. The number of hydrogen-bond acceptors (Lipinski definition) is 5. The van der Waals surface area contributed by atoms with Gasteiger partial charge in [-0.3, -0.25) is 4.68 Å². The van der Waals surface area contributed by atoms with E-state index in [0.717, 1.165) is 24.9 Å². The van der Waals surface area contributed by atoms with Gasteiger partial charge in [0.1, 0.15) is 0 Å². The van der Waals surface area contributed by atoms with Crippen LogP contribution in [0.2, 0.25) is 0 Å². The first-order chi connectivity index (χ1) is 12.1. The largest absolute Gasteiger partial charge is 0.339 e. The van der Waals surface area contributed by atoms with Crippen molar-refractivity contribution in [2.45, 2.75) is 45.7 Å². The monoisotopic (exact) mass is 339 g/mol. The fourth-order valence-electron chi connectivity index (χ4n) is 2.69. The molecule has 0 bridgehead atoms. The van der Waals surface area contributed by atoms with Crippen molar-refractivity contribution in [2.75, 3.05) is 6.54 Å². The van der Waals surface area contributed by atoms with Gasteiger partial charge in [-0.05, 0) is 39.3 Å². The second-order valence-electron chi connectivity index (χ2n) is 6.46. The number of rotatable bonds is 8. The fraction of sp³-hybridized carbons (Fsp3) is 0.421. The number of benzene rings is 1. The summed E-state index contributed by atoms with van der Waals surface area (Å²) < 4.78 is 7.35. The van der Waals surface area contributed by atoms with E-state index in [1.54, 1.807) is 0 Å². The van der Waals surface area contributed by atoms with Gasteiger partial charge in [0, 0.05) is 24.2 Å². The molecule has 3 aromatic rings. The average molecular weight is 339 g/mol. The maximum Gasteiger partial charge on any atom is 0.227 e. The van der Waals surface area contributed by atoms with Crippen LogP contribution in [0.3, 0.4) is 0 Å². The molecular formula is C19H25N5O. The second kappa shape index (κ2) is 8.07. The molecule has 0 fully saturated rings. The van der Waals surface area contributed by atoms with Gasteiger partial charge in [0.05, 0.1) is 12.2 Å². The molecule has 25 heavy (non-hydrogen) atoms. The van der Waals surface area contributed by atoms with Crippen LogP contribution in [-0.4, -0.2) is 32.5 Å². The summed E-state index contributed by atoms with van der Waals surface area (Å²) in [5.74, 6) is 1.34. The second-order valence-corrected chi connectivity index (χ2v) is 6.46. The van der Waals surface area contributed by atoms with Crippen LogP contribution in [0.4, 0.5) is 0 Å². The molecule has 1 N–H and O–H groups in total. The summed E-state index contributed by atoms with van der Waals surface area (Å²) in [6, 6.07) is 10.5. The molecule has 6 nitrogen and oxygen atoms in total. The Hall–Kier alpha value is -2.47. The molecule has 0 saturated carbocycles. The van der Waals surface area contributed by atoms with Crippen LogP contribution in [0, 0.1) is 6.92 Å². The highest BCUT2D eigenvalue weighted by Gasteiger charge is 2.14. The molecule has 132 valence electrons. The summed E-state index contributed by atoms with van der Waals surface area (Å²) in [6.07, 6.45) is 5.69. The van der Waals surface area contributed by atoms with Crippen molar-refractivity contribution in [3.8, 4) is 11.4 Å². The molecule has 0 aliphatic rings. The lowest BCUT2D eigenvalue weighted by atomic mass is 10.1. The molecule has 0 amide bonds. The first kappa shape index (κ1) is 17.4. The van der Waals surface area contributed by atoms with E-state index in [2.05, 4.69) is 47.5 Å². The summed E-state index contributed by atoms with van der Waals surface area (Å²) in [5.41, 5.74) is 2.16. The van der Waals surface area contributed by atoms with E-state index >= 15 is 0 Å². The van der Waals surface area contributed by atoms with Gasteiger partial charge in [0.25, 0.3) is 0 Å². The molecule has 0 radical (unpaired) electrons. The van der Waals surface area contributed by atoms with Crippen LogP contribution in [0.15, 0.2) is 47.2 Å². The summed E-state index contributed by atoms with van der Waals surface area (Å²) in [5, 5.41) is 12.0. The summed E-state index contributed by atoms with van der Waals surface area (Å²) >= 11 is 0. The Morgan fingerprint density at radius 2 is 2.00 bits per heavy atom. The van der Waals surface area contributed by atoms with Crippen molar-refractivity contribution in [1.82, 2.24) is 25.2 Å². The first-order valence-electron chi connectivity index (χ1n) is 8.75. The number of aromatic nitrogens is 4. The minimum Gasteiger partial charge on any atom is -0.339 e. The lowest BCUT2D eigenvalue weighted by Gasteiger charge is -2.21.